The summed E-state index contributed by atoms with van der Waals surface area (Å²) < 4.78 is 0.937. The molecule has 0 unspecified atom stereocenters. The van der Waals surface area contributed by atoms with Crippen molar-refractivity contribution < 1.29 is 9.59 Å². The Hall–Kier alpha value is -2.52. The average Bonchev–Trinajstić information content (AvgIpc) is 2.62. The highest BCUT2D eigenvalue weighted by molar-refractivity contribution is 9.10. The summed E-state index contributed by atoms with van der Waals surface area (Å²) in [5, 5.41) is 0. The molecular formula is C22H19BrO2. The molecule has 0 aliphatic heterocycles. The number of rotatable bonds is 3. The lowest BCUT2D eigenvalue weighted by atomic mass is 9.95. The van der Waals surface area contributed by atoms with Crippen molar-refractivity contribution in [1.82, 2.24) is 0 Å². The first-order valence-electron chi connectivity index (χ1n) is 7.87. The van der Waals surface area contributed by atoms with Crippen LogP contribution in [0.4, 0.5) is 0 Å². The molecule has 0 atom stereocenters. The zero-order valence-corrected chi connectivity index (χ0v) is 15.8. The van der Waals surface area contributed by atoms with Crippen molar-refractivity contribution in [3.05, 3.63) is 93.5 Å². The summed E-state index contributed by atoms with van der Waals surface area (Å²) in [6, 6.07) is 21.2. The van der Waals surface area contributed by atoms with Crippen LogP contribution in [0, 0.1) is 13.8 Å². The summed E-state index contributed by atoms with van der Waals surface area (Å²) in [7, 11) is 0. The molecule has 0 bridgehead atoms. The molecule has 3 rings (SSSR count). The fourth-order valence-electron chi connectivity index (χ4n) is 2.62. The van der Waals surface area contributed by atoms with E-state index in [0.717, 1.165) is 28.2 Å². The predicted molar refractivity (Wildman–Crippen MR) is 106 cm³/mol. The molecule has 0 N–H and O–H groups in total. The number of benzene rings is 3. The van der Waals surface area contributed by atoms with E-state index in [1.54, 1.807) is 12.1 Å². The maximum absolute atomic E-state index is 10.8. The third kappa shape index (κ3) is 5.23. The summed E-state index contributed by atoms with van der Waals surface area (Å²) in [4.78, 5) is 20.9. The molecule has 3 heteroatoms. The lowest BCUT2D eigenvalue weighted by Gasteiger charge is -2.10. The van der Waals surface area contributed by atoms with Crippen molar-refractivity contribution >= 4 is 28.5 Å². The minimum Gasteiger partial charge on any atom is -0.298 e. The van der Waals surface area contributed by atoms with E-state index in [1.807, 2.05) is 36.4 Å². The lowest BCUT2D eigenvalue weighted by Crippen LogP contribution is -1.89. The molecule has 2 nitrogen and oxygen atoms in total. The highest BCUT2D eigenvalue weighted by Crippen LogP contribution is 2.27. The first-order valence-corrected chi connectivity index (χ1v) is 8.67. The fourth-order valence-corrected chi connectivity index (χ4v) is 3.03. The summed E-state index contributed by atoms with van der Waals surface area (Å²) in [5.41, 5.74) is 6.24. The van der Waals surface area contributed by atoms with E-state index in [4.69, 9.17) is 0 Å². The Morgan fingerprint density at radius 2 is 1.24 bits per heavy atom. The van der Waals surface area contributed by atoms with E-state index in [1.165, 1.54) is 16.7 Å². The van der Waals surface area contributed by atoms with Crippen LogP contribution in [0.1, 0.15) is 31.8 Å². The highest BCUT2D eigenvalue weighted by atomic mass is 79.9. The topological polar surface area (TPSA) is 34.1 Å². The highest BCUT2D eigenvalue weighted by Gasteiger charge is 2.05. The first-order chi connectivity index (χ1) is 12.0. The lowest BCUT2D eigenvalue weighted by molar-refractivity contribution is 0.111. The van der Waals surface area contributed by atoms with E-state index in [-0.39, 0.29) is 0 Å². The molecule has 126 valence electrons. The predicted octanol–water partition coefficient (Wildman–Crippen LogP) is 6.04. The summed E-state index contributed by atoms with van der Waals surface area (Å²) in [5.74, 6) is 0. The van der Waals surface area contributed by atoms with Gasteiger partial charge < -0.3 is 0 Å². The first kappa shape index (κ1) is 18.8. The van der Waals surface area contributed by atoms with E-state index >= 15 is 0 Å². The minimum atomic E-state index is 0.698. The van der Waals surface area contributed by atoms with Gasteiger partial charge in [-0.1, -0.05) is 64.5 Å². The van der Waals surface area contributed by atoms with Gasteiger partial charge in [0.05, 0.1) is 0 Å². The van der Waals surface area contributed by atoms with E-state index < -0.39 is 0 Å². The van der Waals surface area contributed by atoms with Gasteiger partial charge >= 0.3 is 0 Å². The SMILES string of the molecule is Cc1cccc(C)c1-c1cccc(C=O)c1.O=Cc1cccc(Br)c1. The van der Waals surface area contributed by atoms with Crippen molar-refractivity contribution in [3.8, 4) is 11.1 Å². The van der Waals surface area contributed by atoms with Gasteiger partial charge in [0.25, 0.3) is 0 Å². The van der Waals surface area contributed by atoms with Crippen LogP contribution >= 0.6 is 15.9 Å². The van der Waals surface area contributed by atoms with Crippen molar-refractivity contribution in [3.63, 3.8) is 0 Å². The van der Waals surface area contributed by atoms with E-state index in [2.05, 4.69) is 48.0 Å². The summed E-state index contributed by atoms with van der Waals surface area (Å²) in [6.07, 6.45) is 1.71. The van der Waals surface area contributed by atoms with Crippen LogP contribution in [0.25, 0.3) is 11.1 Å². The standard InChI is InChI=1S/C15H14O.C7H5BrO/c1-11-5-3-6-12(2)15(11)14-8-4-7-13(9-14)10-16;8-7-3-1-2-6(4-7)5-9/h3-10H,1-2H3;1-5H. The monoisotopic (exact) mass is 394 g/mol. The van der Waals surface area contributed by atoms with Gasteiger partial charge in [-0.25, -0.2) is 0 Å². The molecule has 0 aliphatic rings. The summed E-state index contributed by atoms with van der Waals surface area (Å²) >= 11 is 3.24. The van der Waals surface area contributed by atoms with Gasteiger partial charge in [-0.3, -0.25) is 9.59 Å². The van der Waals surface area contributed by atoms with Crippen LogP contribution in [0.2, 0.25) is 0 Å². The molecule has 0 amide bonds. The quantitative estimate of drug-likeness (QED) is 0.507. The second-order valence-corrected chi connectivity index (χ2v) is 6.60. The second kappa shape index (κ2) is 9.09. The van der Waals surface area contributed by atoms with Crippen LogP contribution in [-0.4, -0.2) is 12.6 Å². The molecular weight excluding hydrogens is 376 g/mol. The molecule has 3 aromatic carbocycles. The molecule has 0 radical (unpaired) electrons. The van der Waals surface area contributed by atoms with Gasteiger partial charge in [-0.05, 0) is 54.3 Å². The van der Waals surface area contributed by atoms with E-state index in [0.29, 0.717) is 5.56 Å². The van der Waals surface area contributed by atoms with E-state index in [9.17, 15) is 9.59 Å². The van der Waals surface area contributed by atoms with Gasteiger partial charge in [-0.2, -0.15) is 0 Å². The number of hydrogen-bond donors (Lipinski definition) is 0. The Labute approximate surface area is 156 Å². The number of aldehydes is 2. The van der Waals surface area contributed by atoms with Gasteiger partial charge in [-0.15, -0.1) is 0 Å². The number of hydrogen-bond acceptors (Lipinski definition) is 2. The third-order valence-electron chi connectivity index (χ3n) is 3.78. The Morgan fingerprint density at radius 1 is 0.720 bits per heavy atom. The van der Waals surface area contributed by atoms with Crippen molar-refractivity contribution in [2.45, 2.75) is 13.8 Å². The van der Waals surface area contributed by atoms with Gasteiger partial charge in [0.2, 0.25) is 0 Å². The van der Waals surface area contributed by atoms with Crippen molar-refractivity contribution in [2.75, 3.05) is 0 Å². The molecule has 0 saturated heterocycles. The van der Waals surface area contributed by atoms with Crippen LogP contribution < -0.4 is 0 Å². The van der Waals surface area contributed by atoms with Crippen LogP contribution in [-0.2, 0) is 0 Å². The number of carbonyl (C=O) groups is 2. The van der Waals surface area contributed by atoms with Crippen LogP contribution in [0.15, 0.2) is 71.2 Å². The van der Waals surface area contributed by atoms with Crippen molar-refractivity contribution in [2.24, 2.45) is 0 Å². The van der Waals surface area contributed by atoms with Crippen molar-refractivity contribution in [1.29, 1.82) is 0 Å². The zero-order valence-electron chi connectivity index (χ0n) is 14.2. The molecule has 0 spiro atoms. The molecule has 0 heterocycles. The Bertz CT molecular complexity index is 864. The molecule has 3 aromatic rings. The smallest absolute Gasteiger partial charge is 0.150 e. The van der Waals surface area contributed by atoms with Gasteiger partial charge in [0.1, 0.15) is 12.6 Å². The molecule has 0 aliphatic carbocycles. The van der Waals surface area contributed by atoms with Crippen LogP contribution in [0.3, 0.4) is 0 Å². The molecule has 0 fully saturated rings. The largest absolute Gasteiger partial charge is 0.298 e. The zero-order chi connectivity index (χ0) is 18.2. The Kier molecular flexibility index (Phi) is 6.84. The molecule has 0 saturated carbocycles. The molecule has 25 heavy (non-hydrogen) atoms. The van der Waals surface area contributed by atoms with Gasteiger partial charge in [0.15, 0.2) is 0 Å². The van der Waals surface area contributed by atoms with Crippen LogP contribution in [0.5, 0.6) is 0 Å². The Morgan fingerprint density at radius 3 is 1.76 bits per heavy atom. The molecule has 0 aromatic heterocycles. The van der Waals surface area contributed by atoms with Gasteiger partial charge in [0, 0.05) is 15.6 Å². The summed E-state index contributed by atoms with van der Waals surface area (Å²) in [6.45, 7) is 4.19. The average molecular weight is 395 g/mol. The number of aryl methyl sites for hydroxylation is 2. The normalized spacial score (nSPS) is 9.72. The second-order valence-electron chi connectivity index (χ2n) is 5.68. The third-order valence-corrected chi connectivity index (χ3v) is 4.27. The number of halogens is 1. The number of carbonyl (C=O) groups excluding carboxylic acids is 2. The maximum atomic E-state index is 10.8. The Balaban J connectivity index is 0.000000212. The fraction of sp³-hybridized carbons (Fsp3) is 0.0909. The maximum Gasteiger partial charge on any atom is 0.150 e. The minimum absolute atomic E-state index is 0.698.